The van der Waals surface area contributed by atoms with Gasteiger partial charge in [-0.2, -0.15) is 0 Å². The fourth-order valence-corrected chi connectivity index (χ4v) is 2.82. The van der Waals surface area contributed by atoms with Crippen molar-refractivity contribution < 1.29 is 9.90 Å². The first-order valence-corrected chi connectivity index (χ1v) is 5.65. The van der Waals surface area contributed by atoms with Crippen LogP contribution in [0.15, 0.2) is 17.5 Å². The Balaban J connectivity index is 2.61. The first-order valence-electron chi connectivity index (χ1n) is 4.77. The van der Waals surface area contributed by atoms with E-state index in [0.29, 0.717) is 0 Å². The van der Waals surface area contributed by atoms with E-state index in [1.807, 2.05) is 11.4 Å². The number of aryl methyl sites for hydroxylation is 2. The van der Waals surface area contributed by atoms with Gasteiger partial charge in [0.1, 0.15) is 0 Å². The molecule has 0 saturated heterocycles. The molecule has 0 aliphatic heterocycles. The molecule has 0 unspecified atom stereocenters. The van der Waals surface area contributed by atoms with E-state index in [9.17, 15) is 4.79 Å². The maximum atomic E-state index is 10.7. The molecule has 0 bridgehead atoms. The van der Waals surface area contributed by atoms with Gasteiger partial charge < -0.3 is 5.11 Å². The minimum Gasteiger partial charge on any atom is -0.481 e. The molecule has 0 radical (unpaired) electrons. The number of fused-ring (bicyclic) bond motifs is 1. The highest BCUT2D eigenvalue weighted by molar-refractivity contribution is 7.17. The topological polar surface area (TPSA) is 37.3 Å². The summed E-state index contributed by atoms with van der Waals surface area (Å²) in [5.41, 5.74) is 3.44. The molecule has 2 nitrogen and oxygen atoms in total. The lowest BCUT2D eigenvalue weighted by Crippen LogP contribution is -1.98. The number of carbonyl (C=O) groups is 1. The number of rotatable bonds is 2. The number of carboxylic acid groups (broad SMARTS) is 1. The number of aliphatic carboxylic acids is 1. The van der Waals surface area contributed by atoms with Crippen molar-refractivity contribution in [1.29, 1.82) is 0 Å². The highest BCUT2D eigenvalue weighted by Crippen LogP contribution is 2.30. The van der Waals surface area contributed by atoms with E-state index in [-0.39, 0.29) is 6.42 Å². The molecule has 1 aromatic heterocycles. The molecule has 2 rings (SSSR count). The Hall–Kier alpha value is -1.35. The minimum absolute atomic E-state index is 0.114. The molecule has 3 heteroatoms. The molecule has 0 aliphatic carbocycles. The molecule has 0 saturated carbocycles. The van der Waals surface area contributed by atoms with Gasteiger partial charge in [0, 0.05) is 4.70 Å². The zero-order valence-corrected chi connectivity index (χ0v) is 9.52. The van der Waals surface area contributed by atoms with E-state index < -0.39 is 5.97 Å². The van der Waals surface area contributed by atoms with Gasteiger partial charge in [0.05, 0.1) is 6.42 Å². The summed E-state index contributed by atoms with van der Waals surface area (Å²) in [7, 11) is 0. The van der Waals surface area contributed by atoms with Crippen molar-refractivity contribution in [2.24, 2.45) is 0 Å². The SMILES string of the molecule is Cc1ccc2c(CC(=O)O)csc2c1C. The summed E-state index contributed by atoms with van der Waals surface area (Å²) in [6.07, 6.45) is 0.114. The predicted octanol–water partition coefficient (Wildman–Crippen LogP) is 3.15. The van der Waals surface area contributed by atoms with Crippen LogP contribution in [-0.4, -0.2) is 11.1 Å². The van der Waals surface area contributed by atoms with Crippen molar-refractivity contribution in [3.8, 4) is 0 Å². The van der Waals surface area contributed by atoms with Crippen LogP contribution >= 0.6 is 11.3 Å². The van der Waals surface area contributed by atoms with Crippen LogP contribution in [0.5, 0.6) is 0 Å². The Morgan fingerprint density at radius 2 is 2.13 bits per heavy atom. The molecule has 0 atom stereocenters. The van der Waals surface area contributed by atoms with Crippen LogP contribution in [0.3, 0.4) is 0 Å². The van der Waals surface area contributed by atoms with Crippen molar-refractivity contribution in [2.75, 3.05) is 0 Å². The maximum absolute atomic E-state index is 10.7. The first-order chi connectivity index (χ1) is 7.09. The van der Waals surface area contributed by atoms with Crippen LogP contribution in [0, 0.1) is 13.8 Å². The highest BCUT2D eigenvalue weighted by atomic mass is 32.1. The van der Waals surface area contributed by atoms with Gasteiger partial charge in [0.25, 0.3) is 0 Å². The number of carboxylic acids is 1. The lowest BCUT2D eigenvalue weighted by atomic mass is 10.0. The van der Waals surface area contributed by atoms with Gasteiger partial charge in [-0.15, -0.1) is 11.3 Å². The predicted molar refractivity (Wildman–Crippen MR) is 62.6 cm³/mol. The molecule has 0 aliphatic rings. The maximum Gasteiger partial charge on any atom is 0.307 e. The summed E-state index contributed by atoms with van der Waals surface area (Å²) in [4.78, 5) is 10.7. The fraction of sp³-hybridized carbons (Fsp3) is 0.250. The van der Waals surface area contributed by atoms with Gasteiger partial charge in [-0.05, 0) is 41.3 Å². The standard InChI is InChI=1S/C12H12O2S/c1-7-3-4-10-9(5-11(13)14)6-15-12(10)8(7)2/h3-4,6H,5H2,1-2H3,(H,13,14). The second kappa shape index (κ2) is 3.66. The molecule has 1 aromatic carbocycles. The van der Waals surface area contributed by atoms with Crippen molar-refractivity contribution in [3.05, 3.63) is 34.2 Å². The molecule has 0 amide bonds. The molecule has 2 aromatic rings. The minimum atomic E-state index is -0.770. The molecule has 1 heterocycles. The Morgan fingerprint density at radius 3 is 2.80 bits per heavy atom. The lowest BCUT2D eigenvalue weighted by Gasteiger charge is -2.01. The van der Waals surface area contributed by atoms with Gasteiger partial charge in [-0.25, -0.2) is 0 Å². The third kappa shape index (κ3) is 1.75. The van der Waals surface area contributed by atoms with Crippen molar-refractivity contribution in [3.63, 3.8) is 0 Å². The number of thiophene rings is 1. The van der Waals surface area contributed by atoms with Gasteiger partial charge in [0.2, 0.25) is 0 Å². The van der Waals surface area contributed by atoms with Gasteiger partial charge in [-0.3, -0.25) is 4.79 Å². The smallest absolute Gasteiger partial charge is 0.307 e. The molecular formula is C12H12O2S. The van der Waals surface area contributed by atoms with Crippen LogP contribution in [0.25, 0.3) is 10.1 Å². The normalized spacial score (nSPS) is 10.8. The summed E-state index contributed by atoms with van der Waals surface area (Å²) in [5.74, 6) is -0.770. The van der Waals surface area contributed by atoms with E-state index in [1.54, 1.807) is 11.3 Å². The largest absolute Gasteiger partial charge is 0.481 e. The Kier molecular flexibility index (Phi) is 2.49. The zero-order chi connectivity index (χ0) is 11.0. The molecular weight excluding hydrogens is 208 g/mol. The van der Waals surface area contributed by atoms with E-state index in [1.165, 1.54) is 15.8 Å². The van der Waals surface area contributed by atoms with Crippen LogP contribution in [0.1, 0.15) is 16.7 Å². The number of hydrogen-bond acceptors (Lipinski definition) is 2. The third-order valence-electron chi connectivity index (χ3n) is 2.68. The van der Waals surface area contributed by atoms with Crippen molar-refractivity contribution in [2.45, 2.75) is 20.3 Å². The van der Waals surface area contributed by atoms with Gasteiger partial charge >= 0.3 is 5.97 Å². The molecule has 78 valence electrons. The van der Waals surface area contributed by atoms with Crippen LogP contribution in [-0.2, 0) is 11.2 Å². The number of benzene rings is 1. The van der Waals surface area contributed by atoms with E-state index in [4.69, 9.17) is 5.11 Å². The van der Waals surface area contributed by atoms with E-state index in [0.717, 1.165) is 10.9 Å². The second-order valence-corrected chi connectivity index (χ2v) is 4.60. The van der Waals surface area contributed by atoms with Crippen molar-refractivity contribution >= 4 is 27.4 Å². The van der Waals surface area contributed by atoms with Crippen LogP contribution in [0.2, 0.25) is 0 Å². The summed E-state index contributed by atoms with van der Waals surface area (Å²) in [6.45, 7) is 4.16. The van der Waals surface area contributed by atoms with Gasteiger partial charge in [-0.1, -0.05) is 12.1 Å². The second-order valence-electron chi connectivity index (χ2n) is 3.72. The first kappa shape index (κ1) is 10.2. The Morgan fingerprint density at radius 1 is 1.40 bits per heavy atom. The average molecular weight is 220 g/mol. The summed E-state index contributed by atoms with van der Waals surface area (Å²) in [6, 6.07) is 4.07. The molecule has 0 fully saturated rings. The van der Waals surface area contributed by atoms with Gasteiger partial charge in [0.15, 0.2) is 0 Å². The summed E-state index contributed by atoms with van der Waals surface area (Å²) < 4.78 is 1.21. The average Bonchev–Trinajstić information content (AvgIpc) is 2.55. The quantitative estimate of drug-likeness (QED) is 0.844. The zero-order valence-electron chi connectivity index (χ0n) is 8.70. The van der Waals surface area contributed by atoms with E-state index in [2.05, 4.69) is 19.9 Å². The van der Waals surface area contributed by atoms with Crippen LogP contribution in [0.4, 0.5) is 0 Å². The lowest BCUT2D eigenvalue weighted by molar-refractivity contribution is -0.136. The summed E-state index contributed by atoms with van der Waals surface area (Å²) in [5, 5.41) is 11.8. The highest BCUT2D eigenvalue weighted by Gasteiger charge is 2.09. The van der Waals surface area contributed by atoms with E-state index >= 15 is 0 Å². The third-order valence-corrected chi connectivity index (χ3v) is 3.85. The monoisotopic (exact) mass is 220 g/mol. The van der Waals surface area contributed by atoms with Crippen LogP contribution < -0.4 is 0 Å². The Bertz CT molecular complexity index is 526. The van der Waals surface area contributed by atoms with Crippen molar-refractivity contribution in [1.82, 2.24) is 0 Å². The number of hydrogen-bond donors (Lipinski definition) is 1. The Labute approximate surface area is 92.2 Å². The molecule has 0 spiro atoms. The summed E-state index contributed by atoms with van der Waals surface area (Å²) >= 11 is 1.63. The molecule has 1 N–H and O–H groups in total. The molecule has 15 heavy (non-hydrogen) atoms. The fourth-order valence-electron chi connectivity index (χ4n) is 1.69.